The number of piperidine rings is 1. The Balaban J connectivity index is 2.18. The van der Waals surface area contributed by atoms with Gasteiger partial charge in [0.05, 0.1) is 11.6 Å². The van der Waals surface area contributed by atoms with E-state index in [0.717, 1.165) is 17.7 Å². The topological polar surface area (TPSA) is 53.0 Å². The molecular formula is C15H21N3. The van der Waals surface area contributed by atoms with Crippen LogP contribution in [0.25, 0.3) is 0 Å². The number of nitriles is 1. The van der Waals surface area contributed by atoms with Gasteiger partial charge in [-0.05, 0) is 31.4 Å². The Labute approximate surface area is 109 Å². The fraction of sp³-hybridized carbons (Fsp3) is 0.533. The molecule has 3 heteroatoms. The van der Waals surface area contributed by atoms with Gasteiger partial charge in [0, 0.05) is 25.2 Å². The van der Waals surface area contributed by atoms with Crippen LogP contribution in [0.5, 0.6) is 0 Å². The van der Waals surface area contributed by atoms with Crippen molar-refractivity contribution in [3.05, 3.63) is 35.4 Å². The third-order valence-electron chi connectivity index (χ3n) is 3.96. The molecule has 1 saturated heterocycles. The highest BCUT2D eigenvalue weighted by Gasteiger charge is 2.27. The maximum atomic E-state index is 9.14. The summed E-state index contributed by atoms with van der Waals surface area (Å²) in [5.74, 6) is 0. The van der Waals surface area contributed by atoms with Crippen LogP contribution in [0.15, 0.2) is 24.3 Å². The van der Waals surface area contributed by atoms with Gasteiger partial charge < -0.3 is 5.73 Å². The number of nitrogens with zero attached hydrogens (tertiary/aromatic N) is 2. The smallest absolute Gasteiger partial charge is 0.0995 e. The lowest BCUT2D eigenvalue weighted by atomic mass is 9.95. The maximum absolute atomic E-state index is 9.14. The fourth-order valence-corrected chi connectivity index (χ4v) is 2.84. The lowest BCUT2D eigenvalue weighted by Crippen LogP contribution is -2.48. The molecule has 2 rings (SSSR count). The van der Waals surface area contributed by atoms with Gasteiger partial charge in [-0.15, -0.1) is 0 Å². The van der Waals surface area contributed by atoms with Crippen molar-refractivity contribution in [1.82, 2.24) is 4.90 Å². The normalized spacial score (nSPS) is 24.7. The number of hydrogen-bond donors (Lipinski definition) is 1. The second kappa shape index (κ2) is 5.99. The molecule has 1 aliphatic heterocycles. The molecule has 2 unspecified atom stereocenters. The summed E-state index contributed by atoms with van der Waals surface area (Å²) in [6.45, 7) is 3.81. The predicted octanol–water partition coefficient (Wildman–Crippen LogP) is 2.26. The lowest BCUT2D eigenvalue weighted by molar-refractivity contribution is 0.0891. The van der Waals surface area contributed by atoms with Gasteiger partial charge in [0.15, 0.2) is 0 Å². The van der Waals surface area contributed by atoms with Crippen molar-refractivity contribution in [2.24, 2.45) is 5.73 Å². The predicted molar refractivity (Wildman–Crippen MR) is 72.9 cm³/mol. The molecule has 0 aliphatic carbocycles. The van der Waals surface area contributed by atoms with Crippen LogP contribution in [0.3, 0.4) is 0 Å². The number of likely N-dealkylation sites (tertiary alicyclic amines) is 1. The highest BCUT2D eigenvalue weighted by Crippen LogP contribution is 2.25. The first-order chi connectivity index (χ1) is 8.76. The molecule has 0 radical (unpaired) electrons. The van der Waals surface area contributed by atoms with E-state index in [9.17, 15) is 0 Å². The van der Waals surface area contributed by atoms with Crippen LogP contribution in [-0.4, -0.2) is 23.5 Å². The Hall–Kier alpha value is -1.37. The number of benzene rings is 1. The summed E-state index contributed by atoms with van der Waals surface area (Å²) >= 11 is 0. The van der Waals surface area contributed by atoms with Gasteiger partial charge in [-0.2, -0.15) is 5.26 Å². The number of hydrogen-bond acceptors (Lipinski definition) is 3. The van der Waals surface area contributed by atoms with Crippen LogP contribution in [0.2, 0.25) is 0 Å². The van der Waals surface area contributed by atoms with E-state index in [1.165, 1.54) is 19.3 Å². The molecule has 18 heavy (non-hydrogen) atoms. The highest BCUT2D eigenvalue weighted by atomic mass is 15.2. The SMILES string of the molecule is CC1CCCC(CN)N1Cc1ccccc1C#N. The summed E-state index contributed by atoms with van der Waals surface area (Å²) in [6.07, 6.45) is 3.67. The van der Waals surface area contributed by atoms with Crippen molar-refractivity contribution in [1.29, 1.82) is 5.26 Å². The van der Waals surface area contributed by atoms with Crippen LogP contribution in [0.4, 0.5) is 0 Å². The summed E-state index contributed by atoms with van der Waals surface area (Å²) in [5, 5.41) is 9.14. The van der Waals surface area contributed by atoms with E-state index in [1.807, 2.05) is 24.3 Å². The first-order valence-corrected chi connectivity index (χ1v) is 6.70. The zero-order valence-electron chi connectivity index (χ0n) is 11.0. The van der Waals surface area contributed by atoms with E-state index >= 15 is 0 Å². The molecule has 96 valence electrons. The fourth-order valence-electron chi connectivity index (χ4n) is 2.84. The average Bonchev–Trinajstić information content (AvgIpc) is 2.41. The van der Waals surface area contributed by atoms with E-state index in [4.69, 9.17) is 11.0 Å². The third-order valence-corrected chi connectivity index (χ3v) is 3.96. The van der Waals surface area contributed by atoms with Crippen molar-refractivity contribution < 1.29 is 0 Å². The molecule has 3 nitrogen and oxygen atoms in total. The summed E-state index contributed by atoms with van der Waals surface area (Å²) in [7, 11) is 0. The van der Waals surface area contributed by atoms with Gasteiger partial charge in [0.25, 0.3) is 0 Å². The zero-order valence-corrected chi connectivity index (χ0v) is 11.0. The molecule has 0 bridgehead atoms. The largest absolute Gasteiger partial charge is 0.329 e. The molecule has 1 aromatic carbocycles. The van der Waals surface area contributed by atoms with Crippen LogP contribution in [-0.2, 0) is 6.54 Å². The number of nitrogens with two attached hydrogens (primary N) is 1. The van der Waals surface area contributed by atoms with Gasteiger partial charge in [-0.25, -0.2) is 0 Å². The molecular weight excluding hydrogens is 222 g/mol. The molecule has 1 fully saturated rings. The van der Waals surface area contributed by atoms with Crippen LogP contribution in [0.1, 0.15) is 37.3 Å². The molecule has 0 amide bonds. The molecule has 0 spiro atoms. The van der Waals surface area contributed by atoms with E-state index in [0.29, 0.717) is 18.6 Å². The first kappa shape index (κ1) is 13.1. The van der Waals surface area contributed by atoms with Crippen LogP contribution >= 0.6 is 0 Å². The third kappa shape index (κ3) is 2.72. The summed E-state index contributed by atoms with van der Waals surface area (Å²) in [6, 6.07) is 11.1. The maximum Gasteiger partial charge on any atom is 0.0995 e. The zero-order chi connectivity index (χ0) is 13.0. The van der Waals surface area contributed by atoms with Gasteiger partial charge in [0.2, 0.25) is 0 Å². The summed E-state index contributed by atoms with van der Waals surface area (Å²) in [5.41, 5.74) is 7.77. The van der Waals surface area contributed by atoms with E-state index in [1.54, 1.807) is 0 Å². The van der Waals surface area contributed by atoms with Crippen molar-refractivity contribution in [3.63, 3.8) is 0 Å². The molecule has 0 saturated carbocycles. The van der Waals surface area contributed by atoms with Gasteiger partial charge >= 0.3 is 0 Å². The Morgan fingerprint density at radius 3 is 2.89 bits per heavy atom. The van der Waals surface area contributed by atoms with Crippen LogP contribution < -0.4 is 5.73 Å². The minimum absolute atomic E-state index is 0.459. The van der Waals surface area contributed by atoms with Crippen molar-refractivity contribution in [2.45, 2.75) is 44.8 Å². The molecule has 2 atom stereocenters. The van der Waals surface area contributed by atoms with E-state index in [-0.39, 0.29) is 0 Å². The lowest BCUT2D eigenvalue weighted by Gasteiger charge is -2.40. The van der Waals surface area contributed by atoms with E-state index in [2.05, 4.69) is 17.9 Å². The second-order valence-electron chi connectivity index (χ2n) is 5.11. The number of rotatable bonds is 3. The first-order valence-electron chi connectivity index (χ1n) is 6.70. The Morgan fingerprint density at radius 2 is 2.17 bits per heavy atom. The minimum atomic E-state index is 0.459. The van der Waals surface area contributed by atoms with Crippen molar-refractivity contribution in [3.8, 4) is 6.07 Å². The second-order valence-corrected chi connectivity index (χ2v) is 5.11. The van der Waals surface area contributed by atoms with Gasteiger partial charge in [-0.3, -0.25) is 4.90 Å². The molecule has 1 heterocycles. The Bertz CT molecular complexity index is 436. The van der Waals surface area contributed by atoms with Crippen molar-refractivity contribution in [2.75, 3.05) is 6.54 Å². The Kier molecular flexibility index (Phi) is 4.35. The van der Waals surface area contributed by atoms with Gasteiger partial charge in [-0.1, -0.05) is 24.6 Å². The standard InChI is InChI=1S/C15H21N3/c1-12-5-4-8-15(10-17)18(12)11-14-7-3-2-6-13(14)9-16/h2-3,6-7,12,15H,4-5,8,10-11,17H2,1H3. The molecule has 2 N–H and O–H groups in total. The molecule has 0 aromatic heterocycles. The van der Waals surface area contributed by atoms with Crippen molar-refractivity contribution >= 4 is 0 Å². The van der Waals surface area contributed by atoms with E-state index < -0.39 is 0 Å². The molecule has 1 aromatic rings. The van der Waals surface area contributed by atoms with Gasteiger partial charge in [0.1, 0.15) is 0 Å². The Morgan fingerprint density at radius 1 is 1.39 bits per heavy atom. The highest BCUT2D eigenvalue weighted by molar-refractivity contribution is 5.37. The monoisotopic (exact) mass is 243 g/mol. The van der Waals surface area contributed by atoms with Crippen LogP contribution in [0, 0.1) is 11.3 Å². The summed E-state index contributed by atoms with van der Waals surface area (Å²) in [4.78, 5) is 2.46. The molecule has 1 aliphatic rings. The average molecular weight is 243 g/mol. The minimum Gasteiger partial charge on any atom is -0.329 e. The quantitative estimate of drug-likeness (QED) is 0.886. The summed E-state index contributed by atoms with van der Waals surface area (Å²) < 4.78 is 0.